The molecule has 2 unspecified atom stereocenters. The zero-order chi connectivity index (χ0) is 19.4. The molecule has 0 saturated carbocycles. The van der Waals surface area contributed by atoms with E-state index in [1.54, 1.807) is 4.90 Å². The van der Waals surface area contributed by atoms with Gasteiger partial charge in [-0.3, -0.25) is 24.6 Å². The van der Waals surface area contributed by atoms with Crippen molar-refractivity contribution in [2.75, 3.05) is 0 Å². The number of fused-ring (bicyclic) bond motifs is 3. The van der Waals surface area contributed by atoms with Crippen LogP contribution in [0, 0.1) is 0 Å². The van der Waals surface area contributed by atoms with Crippen molar-refractivity contribution in [1.29, 1.82) is 0 Å². The van der Waals surface area contributed by atoms with Crippen LogP contribution < -0.4 is 11.1 Å². The van der Waals surface area contributed by atoms with E-state index >= 15 is 0 Å². The standard InChI is InChI=1S/C21H26N4O3/c22-14-8-15-3-4-16(9-14)24(15)10-12-1-2-13-11-25(21(28)17(13)7-12)18-5-6-19(26)23-20(18)27/h1-2,7,14-16,18H,3-6,8-11,22H2,(H,23,26,27)/t14?,15-,16+,18?. The van der Waals surface area contributed by atoms with Gasteiger partial charge in [0.2, 0.25) is 11.8 Å². The third kappa shape index (κ3) is 2.93. The van der Waals surface area contributed by atoms with Crippen molar-refractivity contribution in [3.05, 3.63) is 34.9 Å². The van der Waals surface area contributed by atoms with E-state index < -0.39 is 6.04 Å². The van der Waals surface area contributed by atoms with Crippen LogP contribution >= 0.6 is 0 Å². The number of rotatable bonds is 3. The molecule has 3 saturated heterocycles. The topological polar surface area (TPSA) is 95.7 Å². The second-order valence-corrected chi connectivity index (χ2v) is 8.68. The predicted octanol–water partition coefficient (Wildman–Crippen LogP) is 0.902. The molecule has 4 atom stereocenters. The molecule has 148 valence electrons. The predicted molar refractivity (Wildman–Crippen MR) is 102 cm³/mol. The fraction of sp³-hybridized carbons (Fsp3) is 0.571. The average molecular weight is 382 g/mol. The Hall–Kier alpha value is -2.25. The summed E-state index contributed by atoms with van der Waals surface area (Å²) in [6.45, 7) is 1.28. The van der Waals surface area contributed by atoms with Crippen molar-refractivity contribution >= 4 is 17.7 Å². The third-order valence-corrected chi connectivity index (χ3v) is 6.88. The molecule has 3 N–H and O–H groups in total. The number of carbonyl (C=O) groups is 3. The van der Waals surface area contributed by atoms with Gasteiger partial charge in [-0.1, -0.05) is 12.1 Å². The molecule has 4 aliphatic rings. The minimum atomic E-state index is -0.555. The average Bonchev–Trinajstić information content (AvgIpc) is 3.09. The Bertz CT molecular complexity index is 840. The van der Waals surface area contributed by atoms with Gasteiger partial charge in [-0.15, -0.1) is 0 Å². The maximum absolute atomic E-state index is 13.0. The molecule has 0 aromatic heterocycles. The highest BCUT2D eigenvalue weighted by Gasteiger charge is 2.41. The first-order valence-electron chi connectivity index (χ1n) is 10.3. The van der Waals surface area contributed by atoms with Crippen molar-refractivity contribution < 1.29 is 14.4 Å². The first-order chi connectivity index (χ1) is 13.5. The molecule has 4 aliphatic heterocycles. The maximum atomic E-state index is 13.0. The number of carbonyl (C=O) groups excluding carboxylic acids is 3. The SMILES string of the molecule is NC1C[C@H]2CC[C@@H](C1)N2Cc1ccc2c(c1)C(=O)N(C1CCC(=O)NC1=O)C2. The Balaban J connectivity index is 1.33. The van der Waals surface area contributed by atoms with E-state index in [0.717, 1.165) is 30.5 Å². The first kappa shape index (κ1) is 17.8. The Morgan fingerprint density at radius 3 is 2.54 bits per heavy atom. The van der Waals surface area contributed by atoms with Gasteiger partial charge in [0.15, 0.2) is 0 Å². The molecule has 7 heteroatoms. The van der Waals surface area contributed by atoms with E-state index in [0.29, 0.717) is 36.7 Å². The van der Waals surface area contributed by atoms with Crippen LogP contribution in [-0.4, -0.2) is 51.7 Å². The number of imide groups is 1. The molecule has 28 heavy (non-hydrogen) atoms. The van der Waals surface area contributed by atoms with Crippen molar-refractivity contribution in [3.8, 4) is 0 Å². The zero-order valence-corrected chi connectivity index (χ0v) is 15.9. The van der Waals surface area contributed by atoms with Crippen molar-refractivity contribution in [1.82, 2.24) is 15.1 Å². The minimum absolute atomic E-state index is 0.102. The fourth-order valence-corrected chi connectivity index (χ4v) is 5.49. The van der Waals surface area contributed by atoms with Crippen LogP contribution in [0.5, 0.6) is 0 Å². The molecule has 4 heterocycles. The lowest BCUT2D eigenvalue weighted by Gasteiger charge is -2.37. The summed E-state index contributed by atoms with van der Waals surface area (Å²) in [5.41, 5.74) is 8.98. The van der Waals surface area contributed by atoms with Crippen molar-refractivity contribution in [2.24, 2.45) is 5.73 Å². The van der Waals surface area contributed by atoms with E-state index in [4.69, 9.17) is 5.73 Å². The molecule has 0 spiro atoms. The molecule has 0 radical (unpaired) electrons. The van der Waals surface area contributed by atoms with Crippen LogP contribution in [0.15, 0.2) is 18.2 Å². The molecule has 7 nitrogen and oxygen atoms in total. The van der Waals surface area contributed by atoms with E-state index in [9.17, 15) is 14.4 Å². The highest BCUT2D eigenvalue weighted by Crippen LogP contribution is 2.37. The van der Waals surface area contributed by atoms with Gasteiger partial charge < -0.3 is 10.6 Å². The highest BCUT2D eigenvalue weighted by molar-refractivity contribution is 6.05. The summed E-state index contributed by atoms with van der Waals surface area (Å²) >= 11 is 0. The monoisotopic (exact) mass is 382 g/mol. The Morgan fingerprint density at radius 2 is 1.82 bits per heavy atom. The molecular weight excluding hydrogens is 356 g/mol. The minimum Gasteiger partial charge on any atom is -0.328 e. The lowest BCUT2D eigenvalue weighted by Crippen LogP contribution is -2.52. The van der Waals surface area contributed by atoms with Crippen LogP contribution in [0.2, 0.25) is 0 Å². The Kier molecular flexibility index (Phi) is 4.25. The van der Waals surface area contributed by atoms with Gasteiger partial charge in [0.05, 0.1) is 0 Å². The second kappa shape index (κ2) is 6.67. The van der Waals surface area contributed by atoms with Gasteiger partial charge >= 0.3 is 0 Å². The molecule has 3 amide bonds. The second-order valence-electron chi connectivity index (χ2n) is 8.68. The Labute approximate surface area is 164 Å². The summed E-state index contributed by atoms with van der Waals surface area (Å²) < 4.78 is 0. The number of benzene rings is 1. The first-order valence-corrected chi connectivity index (χ1v) is 10.3. The molecule has 1 aromatic carbocycles. The van der Waals surface area contributed by atoms with Crippen molar-refractivity contribution in [3.63, 3.8) is 0 Å². The number of amides is 3. The molecular formula is C21H26N4O3. The number of piperidine rings is 2. The lowest BCUT2D eigenvalue weighted by atomic mass is 9.97. The highest BCUT2D eigenvalue weighted by atomic mass is 16.2. The van der Waals surface area contributed by atoms with Gasteiger partial charge in [-0.2, -0.15) is 0 Å². The number of nitrogens with one attached hydrogen (secondary N) is 1. The fourth-order valence-electron chi connectivity index (χ4n) is 5.49. The molecule has 0 aliphatic carbocycles. The number of hydrogen-bond acceptors (Lipinski definition) is 5. The number of nitrogens with two attached hydrogens (primary N) is 1. The number of hydrogen-bond donors (Lipinski definition) is 2. The summed E-state index contributed by atoms with van der Waals surface area (Å²) in [7, 11) is 0. The van der Waals surface area contributed by atoms with Gasteiger partial charge in [0.25, 0.3) is 5.91 Å². The molecule has 5 rings (SSSR count). The molecule has 2 bridgehead atoms. The van der Waals surface area contributed by atoms with Crippen LogP contribution in [0.1, 0.15) is 60.0 Å². The summed E-state index contributed by atoms with van der Waals surface area (Å²) in [5.74, 6) is -0.725. The summed E-state index contributed by atoms with van der Waals surface area (Å²) in [6.07, 6.45) is 5.22. The van der Waals surface area contributed by atoms with Gasteiger partial charge in [-0.25, -0.2) is 0 Å². The molecule has 3 fully saturated rings. The Morgan fingerprint density at radius 1 is 1.07 bits per heavy atom. The normalized spacial score (nSPS) is 32.6. The van der Waals surface area contributed by atoms with E-state index in [2.05, 4.69) is 16.3 Å². The van der Waals surface area contributed by atoms with E-state index in [-0.39, 0.29) is 24.1 Å². The smallest absolute Gasteiger partial charge is 0.255 e. The zero-order valence-electron chi connectivity index (χ0n) is 15.9. The maximum Gasteiger partial charge on any atom is 0.255 e. The quantitative estimate of drug-likeness (QED) is 0.758. The third-order valence-electron chi connectivity index (χ3n) is 6.88. The van der Waals surface area contributed by atoms with Crippen LogP contribution in [-0.2, 0) is 22.7 Å². The summed E-state index contributed by atoms with van der Waals surface area (Å²) in [5, 5.41) is 2.35. The van der Waals surface area contributed by atoms with Crippen molar-refractivity contribution in [2.45, 2.75) is 75.8 Å². The summed E-state index contributed by atoms with van der Waals surface area (Å²) in [6, 6.07) is 6.99. The van der Waals surface area contributed by atoms with Crippen LogP contribution in [0.3, 0.4) is 0 Å². The van der Waals surface area contributed by atoms with E-state index in [1.807, 2.05) is 12.1 Å². The molecule has 1 aromatic rings. The lowest BCUT2D eigenvalue weighted by molar-refractivity contribution is -0.136. The number of nitrogens with zero attached hydrogens (tertiary/aromatic N) is 2. The van der Waals surface area contributed by atoms with Gasteiger partial charge in [0, 0.05) is 43.2 Å². The van der Waals surface area contributed by atoms with E-state index in [1.165, 1.54) is 12.8 Å². The largest absolute Gasteiger partial charge is 0.328 e. The summed E-state index contributed by atoms with van der Waals surface area (Å²) in [4.78, 5) is 40.7. The van der Waals surface area contributed by atoms with Gasteiger partial charge in [0.1, 0.15) is 6.04 Å². The van der Waals surface area contributed by atoms with Gasteiger partial charge in [-0.05, 0) is 49.3 Å². The van der Waals surface area contributed by atoms with Crippen LogP contribution in [0.25, 0.3) is 0 Å². The van der Waals surface area contributed by atoms with Crippen LogP contribution in [0.4, 0.5) is 0 Å².